The van der Waals surface area contributed by atoms with Crippen LogP contribution >= 0.6 is 0 Å². The fraction of sp³-hybridized carbons (Fsp3) is 0.611. The van der Waals surface area contributed by atoms with Crippen molar-refractivity contribution in [1.29, 1.82) is 0 Å². The van der Waals surface area contributed by atoms with E-state index in [9.17, 15) is 9.59 Å². The number of ether oxygens (including phenoxy) is 1. The van der Waals surface area contributed by atoms with Gasteiger partial charge in [-0.3, -0.25) is 9.78 Å². The number of ketones is 1. The molecule has 23 heavy (non-hydrogen) atoms. The molecule has 2 unspecified atom stereocenters. The van der Waals surface area contributed by atoms with Gasteiger partial charge in [-0.05, 0) is 30.9 Å². The first kappa shape index (κ1) is 16.0. The number of nitrogens with zero attached hydrogens (tertiary/aromatic N) is 1. The highest BCUT2D eigenvalue weighted by atomic mass is 16.6. The van der Waals surface area contributed by atoms with Crippen molar-refractivity contribution in [3.05, 3.63) is 30.1 Å². The molecule has 0 aromatic carbocycles. The van der Waals surface area contributed by atoms with Gasteiger partial charge in [-0.1, -0.05) is 38.2 Å². The van der Waals surface area contributed by atoms with E-state index in [4.69, 9.17) is 4.74 Å². The zero-order chi connectivity index (χ0) is 16.1. The third-order valence-corrected chi connectivity index (χ3v) is 4.93. The molecule has 1 aliphatic carbocycles. The lowest BCUT2D eigenvalue weighted by molar-refractivity contribution is 0.0907. The maximum atomic E-state index is 12.2. The smallest absolute Gasteiger partial charge is 0.407 e. The second kappa shape index (κ2) is 7.57. The van der Waals surface area contributed by atoms with Crippen LogP contribution in [0.25, 0.3) is 0 Å². The van der Waals surface area contributed by atoms with Crippen molar-refractivity contribution in [1.82, 2.24) is 10.3 Å². The summed E-state index contributed by atoms with van der Waals surface area (Å²) in [7, 11) is 0. The van der Waals surface area contributed by atoms with E-state index in [0.29, 0.717) is 24.5 Å². The van der Waals surface area contributed by atoms with E-state index in [1.807, 2.05) is 6.07 Å². The van der Waals surface area contributed by atoms with E-state index in [2.05, 4.69) is 10.3 Å². The average Bonchev–Trinajstić information content (AvgIpc) is 2.94. The standard InChI is InChI=1S/C18H24N2O3/c21-16(14-8-4-5-11-19-14)9-10-17-15(20-18(22)23-17)12-13-6-2-1-3-7-13/h4-5,8,11,13,15,17H,1-3,6-7,9-10,12H2,(H,20,22). The molecule has 0 bridgehead atoms. The lowest BCUT2D eigenvalue weighted by atomic mass is 9.83. The number of hydrogen-bond donors (Lipinski definition) is 1. The number of carbonyl (C=O) groups is 2. The SMILES string of the molecule is O=C1NC(CC2CCCCC2)C(CCC(=O)c2ccccn2)O1. The first-order chi connectivity index (χ1) is 11.2. The molecule has 1 aliphatic heterocycles. The van der Waals surface area contributed by atoms with E-state index >= 15 is 0 Å². The Hall–Kier alpha value is -1.91. The highest BCUT2D eigenvalue weighted by Gasteiger charge is 2.35. The molecular formula is C18H24N2O3. The molecule has 1 saturated carbocycles. The monoisotopic (exact) mass is 316 g/mol. The molecule has 5 nitrogen and oxygen atoms in total. The summed E-state index contributed by atoms with van der Waals surface area (Å²) < 4.78 is 5.38. The number of pyridine rings is 1. The molecule has 0 radical (unpaired) electrons. The van der Waals surface area contributed by atoms with Gasteiger partial charge >= 0.3 is 6.09 Å². The van der Waals surface area contributed by atoms with Gasteiger partial charge in [0.1, 0.15) is 11.8 Å². The van der Waals surface area contributed by atoms with Crippen molar-refractivity contribution in [3.8, 4) is 0 Å². The van der Waals surface area contributed by atoms with Crippen LogP contribution in [-0.2, 0) is 4.74 Å². The minimum absolute atomic E-state index is 0.00460. The molecule has 2 atom stereocenters. The molecule has 1 amide bonds. The van der Waals surface area contributed by atoms with Crippen LogP contribution in [0.2, 0.25) is 0 Å². The fourth-order valence-corrected chi connectivity index (χ4v) is 3.68. The first-order valence-corrected chi connectivity index (χ1v) is 8.64. The summed E-state index contributed by atoms with van der Waals surface area (Å²) in [6.45, 7) is 0. The summed E-state index contributed by atoms with van der Waals surface area (Å²) in [5.41, 5.74) is 0.480. The quantitative estimate of drug-likeness (QED) is 0.816. The Morgan fingerprint density at radius 2 is 2.09 bits per heavy atom. The molecule has 2 fully saturated rings. The van der Waals surface area contributed by atoms with Gasteiger partial charge in [0.05, 0.1) is 6.04 Å². The molecule has 0 spiro atoms. The Labute approximate surface area is 136 Å². The second-order valence-electron chi connectivity index (χ2n) is 6.61. The number of alkyl carbamates (subject to hydrolysis) is 1. The molecule has 2 aliphatic rings. The minimum atomic E-state index is -0.346. The van der Waals surface area contributed by atoms with Crippen LogP contribution in [0.1, 0.15) is 61.9 Å². The number of rotatable bonds is 6. The van der Waals surface area contributed by atoms with Crippen LogP contribution in [0.3, 0.4) is 0 Å². The summed E-state index contributed by atoms with van der Waals surface area (Å²) in [5.74, 6) is 0.676. The molecule has 2 heterocycles. The lowest BCUT2D eigenvalue weighted by Crippen LogP contribution is -2.34. The molecule has 5 heteroatoms. The first-order valence-electron chi connectivity index (χ1n) is 8.64. The van der Waals surface area contributed by atoms with Crippen LogP contribution < -0.4 is 5.32 Å². The largest absolute Gasteiger partial charge is 0.444 e. The Morgan fingerprint density at radius 1 is 1.26 bits per heavy atom. The average molecular weight is 316 g/mol. The van der Waals surface area contributed by atoms with Crippen LogP contribution in [0, 0.1) is 5.92 Å². The number of hydrogen-bond acceptors (Lipinski definition) is 4. The molecule has 3 rings (SSSR count). The van der Waals surface area contributed by atoms with E-state index < -0.39 is 0 Å². The van der Waals surface area contributed by atoms with Gasteiger partial charge < -0.3 is 10.1 Å². The van der Waals surface area contributed by atoms with Gasteiger partial charge in [0.15, 0.2) is 5.78 Å². The zero-order valence-electron chi connectivity index (χ0n) is 13.4. The van der Waals surface area contributed by atoms with E-state index in [1.54, 1.807) is 18.3 Å². The lowest BCUT2D eigenvalue weighted by Gasteiger charge is -2.26. The van der Waals surface area contributed by atoms with Crippen molar-refractivity contribution < 1.29 is 14.3 Å². The van der Waals surface area contributed by atoms with Crippen molar-refractivity contribution >= 4 is 11.9 Å². The Morgan fingerprint density at radius 3 is 2.83 bits per heavy atom. The van der Waals surface area contributed by atoms with Crippen LogP contribution in [-0.4, -0.2) is 29.0 Å². The molecule has 124 valence electrons. The van der Waals surface area contributed by atoms with Gasteiger partial charge in [0.25, 0.3) is 0 Å². The third kappa shape index (κ3) is 4.30. The number of carbonyl (C=O) groups excluding carboxylic acids is 2. The summed E-state index contributed by atoms with van der Waals surface area (Å²) in [6.07, 6.45) is 9.35. The predicted molar refractivity (Wildman–Crippen MR) is 86.2 cm³/mol. The normalized spacial score (nSPS) is 25.0. The molecule has 1 aromatic rings. The van der Waals surface area contributed by atoms with Crippen molar-refractivity contribution in [2.45, 2.75) is 63.5 Å². The highest BCUT2D eigenvalue weighted by molar-refractivity contribution is 5.94. The topological polar surface area (TPSA) is 68.3 Å². The third-order valence-electron chi connectivity index (χ3n) is 4.93. The van der Waals surface area contributed by atoms with Gasteiger partial charge in [0.2, 0.25) is 0 Å². The summed E-state index contributed by atoms with van der Waals surface area (Å²) in [6, 6.07) is 5.37. The predicted octanol–water partition coefficient (Wildman–Crippen LogP) is 3.49. The highest BCUT2D eigenvalue weighted by Crippen LogP contribution is 2.30. The summed E-state index contributed by atoms with van der Waals surface area (Å²) in [5, 5.41) is 2.93. The molecular weight excluding hydrogens is 292 g/mol. The molecule has 1 saturated heterocycles. The van der Waals surface area contributed by atoms with Gasteiger partial charge in [-0.15, -0.1) is 0 Å². The van der Waals surface area contributed by atoms with E-state index in [-0.39, 0.29) is 24.0 Å². The zero-order valence-corrected chi connectivity index (χ0v) is 13.4. The number of aromatic nitrogens is 1. The maximum Gasteiger partial charge on any atom is 0.407 e. The molecule has 1 aromatic heterocycles. The maximum absolute atomic E-state index is 12.2. The second-order valence-corrected chi connectivity index (χ2v) is 6.61. The van der Waals surface area contributed by atoms with Crippen molar-refractivity contribution in [2.75, 3.05) is 0 Å². The van der Waals surface area contributed by atoms with Crippen LogP contribution in [0.15, 0.2) is 24.4 Å². The van der Waals surface area contributed by atoms with Crippen LogP contribution in [0.4, 0.5) is 4.79 Å². The number of amides is 1. The summed E-state index contributed by atoms with van der Waals surface area (Å²) >= 11 is 0. The Balaban J connectivity index is 1.52. The van der Waals surface area contributed by atoms with Crippen LogP contribution in [0.5, 0.6) is 0 Å². The van der Waals surface area contributed by atoms with Gasteiger partial charge in [0, 0.05) is 12.6 Å². The van der Waals surface area contributed by atoms with Gasteiger partial charge in [-0.25, -0.2) is 4.79 Å². The Kier molecular flexibility index (Phi) is 5.26. The number of nitrogens with one attached hydrogen (secondary N) is 1. The number of cyclic esters (lactones) is 1. The molecule has 1 N–H and O–H groups in total. The van der Waals surface area contributed by atoms with E-state index in [1.165, 1.54) is 32.1 Å². The number of Topliss-reactive ketones (excluding diaryl/α,β-unsaturated/α-hetero) is 1. The summed E-state index contributed by atoms with van der Waals surface area (Å²) in [4.78, 5) is 27.8. The fourth-order valence-electron chi connectivity index (χ4n) is 3.68. The van der Waals surface area contributed by atoms with Gasteiger partial charge in [-0.2, -0.15) is 0 Å². The van der Waals surface area contributed by atoms with Crippen molar-refractivity contribution in [2.24, 2.45) is 5.92 Å². The van der Waals surface area contributed by atoms with E-state index in [0.717, 1.165) is 6.42 Å². The van der Waals surface area contributed by atoms with Crippen molar-refractivity contribution in [3.63, 3.8) is 0 Å². The minimum Gasteiger partial charge on any atom is -0.444 e. The Bertz CT molecular complexity index is 540.